The SMILES string of the molecule is O=C(COc1cc(C(F)(F)F)nn1-c1ccccc1Cl)NCc1cc(-c2ccc(-n3nc(C(F)(F)F)cc3OCC(=O)Nc3ccc(F)c(Cl)c3)c(Cl)c2)c(F)cc1F. The summed E-state index contributed by atoms with van der Waals surface area (Å²) in [5.74, 6) is -5.78. The second kappa shape index (κ2) is 17.1. The number of rotatable bonds is 12. The summed E-state index contributed by atoms with van der Waals surface area (Å²) in [4.78, 5) is 25.2. The third-order valence-electron chi connectivity index (χ3n) is 8.02. The zero-order valence-corrected chi connectivity index (χ0v) is 31.4. The Balaban J connectivity index is 1.17. The molecule has 10 nitrogen and oxygen atoms in total. The number of ether oxygens (including phenoxy) is 2. The highest BCUT2D eigenvalue weighted by atomic mass is 35.5. The number of halogens is 12. The Morgan fingerprint density at radius 3 is 1.80 bits per heavy atom. The minimum Gasteiger partial charge on any atom is -0.467 e. The molecule has 2 amide bonds. The number of aromatic nitrogens is 4. The van der Waals surface area contributed by atoms with Crippen molar-refractivity contribution in [2.75, 3.05) is 18.5 Å². The standard InChI is InChI=1S/C37H22Cl3F9N6O4/c38-22-3-1-2-4-28(22)54-34(13-30(52-54)36(44,45)46)58-16-32(56)50-15-19-9-21(27(43)12-26(19)42)18-5-8-29(24(40)10-18)55-35(14-31(53-55)37(47,48)49)59-17-33(57)51-20-6-7-25(41)23(39)11-20/h1-14H,15-17H2,(H,50,56)(H,51,57). The maximum Gasteiger partial charge on any atom is 0.435 e. The summed E-state index contributed by atoms with van der Waals surface area (Å²) in [5.41, 5.74) is -3.37. The third-order valence-corrected chi connectivity index (χ3v) is 8.93. The number of amides is 2. The molecule has 0 unspecified atom stereocenters. The Hall–Kier alpha value is -5.92. The van der Waals surface area contributed by atoms with Crippen LogP contribution in [0.5, 0.6) is 11.8 Å². The van der Waals surface area contributed by atoms with Crippen LogP contribution in [0.1, 0.15) is 17.0 Å². The van der Waals surface area contributed by atoms with Gasteiger partial charge in [-0.1, -0.05) is 53.0 Å². The van der Waals surface area contributed by atoms with Gasteiger partial charge in [-0.2, -0.15) is 45.9 Å². The van der Waals surface area contributed by atoms with Crippen molar-refractivity contribution in [3.63, 3.8) is 0 Å². The Kier molecular flexibility index (Phi) is 12.4. The Bertz CT molecular complexity index is 2560. The van der Waals surface area contributed by atoms with E-state index in [0.29, 0.717) is 22.9 Å². The maximum absolute atomic E-state index is 15.1. The van der Waals surface area contributed by atoms with Crippen molar-refractivity contribution in [1.82, 2.24) is 24.9 Å². The highest BCUT2D eigenvalue weighted by Gasteiger charge is 2.37. The first-order chi connectivity index (χ1) is 27.8. The molecule has 308 valence electrons. The molecule has 0 aliphatic carbocycles. The molecule has 0 spiro atoms. The van der Waals surface area contributed by atoms with Gasteiger partial charge in [0.25, 0.3) is 11.8 Å². The first-order valence-electron chi connectivity index (χ1n) is 16.4. The lowest BCUT2D eigenvalue weighted by Crippen LogP contribution is -2.29. The average Bonchev–Trinajstić information content (AvgIpc) is 3.80. The Morgan fingerprint density at radius 2 is 1.22 bits per heavy atom. The minimum absolute atomic E-state index is 0.00321. The summed E-state index contributed by atoms with van der Waals surface area (Å²) < 4.78 is 137. The van der Waals surface area contributed by atoms with E-state index in [1.807, 2.05) is 0 Å². The van der Waals surface area contributed by atoms with E-state index in [2.05, 4.69) is 20.8 Å². The molecule has 2 N–H and O–H groups in total. The van der Waals surface area contributed by atoms with Crippen LogP contribution in [0.2, 0.25) is 15.1 Å². The van der Waals surface area contributed by atoms with Crippen LogP contribution in [0, 0.1) is 17.5 Å². The van der Waals surface area contributed by atoms with Gasteiger partial charge in [-0.3, -0.25) is 9.59 Å². The van der Waals surface area contributed by atoms with E-state index in [1.54, 1.807) is 0 Å². The van der Waals surface area contributed by atoms with Crippen LogP contribution in [0.4, 0.5) is 45.2 Å². The van der Waals surface area contributed by atoms with Gasteiger partial charge in [0, 0.05) is 41.6 Å². The van der Waals surface area contributed by atoms with Gasteiger partial charge in [-0.15, -0.1) is 0 Å². The van der Waals surface area contributed by atoms with Gasteiger partial charge in [-0.05, 0) is 54.1 Å². The lowest BCUT2D eigenvalue weighted by molar-refractivity contribution is -0.142. The molecular weight excluding hydrogens is 870 g/mol. The number of nitrogens with zero attached hydrogens (tertiary/aromatic N) is 4. The molecule has 0 aliphatic rings. The number of alkyl halides is 6. The topological polar surface area (TPSA) is 112 Å². The van der Waals surface area contributed by atoms with Crippen LogP contribution in [-0.4, -0.2) is 44.6 Å². The fourth-order valence-corrected chi connectivity index (χ4v) is 5.93. The fourth-order valence-electron chi connectivity index (χ4n) is 5.27. The highest BCUT2D eigenvalue weighted by Crippen LogP contribution is 2.37. The monoisotopic (exact) mass is 890 g/mol. The molecule has 59 heavy (non-hydrogen) atoms. The summed E-state index contributed by atoms with van der Waals surface area (Å²) in [6.07, 6.45) is -9.83. The fraction of sp³-hybridized carbons (Fsp3) is 0.135. The molecule has 2 heterocycles. The number of hydrogen-bond acceptors (Lipinski definition) is 6. The smallest absolute Gasteiger partial charge is 0.435 e. The van der Waals surface area contributed by atoms with Crippen molar-refractivity contribution in [3.05, 3.63) is 134 Å². The number of nitrogens with one attached hydrogen (secondary N) is 2. The van der Waals surface area contributed by atoms with Crippen LogP contribution >= 0.6 is 34.8 Å². The zero-order chi connectivity index (χ0) is 42.8. The van der Waals surface area contributed by atoms with Gasteiger partial charge in [0.05, 0.1) is 26.4 Å². The van der Waals surface area contributed by atoms with E-state index in [4.69, 9.17) is 44.3 Å². The van der Waals surface area contributed by atoms with Crippen LogP contribution in [0.25, 0.3) is 22.5 Å². The molecule has 0 radical (unpaired) electrons. The summed E-state index contributed by atoms with van der Waals surface area (Å²) in [5, 5.41) is 11.1. The summed E-state index contributed by atoms with van der Waals surface area (Å²) in [7, 11) is 0. The molecular formula is C37H22Cl3F9N6O4. The zero-order valence-electron chi connectivity index (χ0n) is 29.2. The molecule has 4 aromatic carbocycles. The quantitative estimate of drug-likeness (QED) is 0.118. The van der Waals surface area contributed by atoms with Crippen molar-refractivity contribution < 1.29 is 58.6 Å². The molecule has 0 aliphatic heterocycles. The summed E-state index contributed by atoms with van der Waals surface area (Å²) in [6.45, 7) is -2.25. The number of anilines is 1. The van der Waals surface area contributed by atoms with Gasteiger partial charge in [-0.25, -0.2) is 13.2 Å². The molecule has 6 rings (SSSR count). The van der Waals surface area contributed by atoms with E-state index >= 15 is 4.39 Å². The van der Waals surface area contributed by atoms with Gasteiger partial charge < -0.3 is 20.1 Å². The second-order valence-electron chi connectivity index (χ2n) is 12.1. The Morgan fingerprint density at radius 1 is 0.627 bits per heavy atom. The predicted octanol–water partition coefficient (Wildman–Crippen LogP) is 9.85. The van der Waals surface area contributed by atoms with Crippen molar-refractivity contribution >= 4 is 52.3 Å². The molecule has 22 heteroatoms. The molecule has 0 fully saturated rings. The molecule has 2 aromatic heterocycles. The first kappa shape index (κ1) is 42.7. The number of benzene rings is 4. The highest BCUT2D eigenvalue weighted by molar-refractivity contribution is 6.33. The van der Waals surface area contributed by atoms with Crippen molar-refractivity contribution in [1.29, 1.82) is 0 Å². The lowest BCUT2D eigenvalue weighted by atomic mass is 10.0. The molecule has 0 atom stereocenters. The largest absolute Gasteiger partial charge is 0.467 e. The van der Waals surface area contributed by atoms with E-state index in [0.717, 1.165) is 35.0 Å². The summed E-state index contributed by atoms with van der Waals surface area (Å²) >= 11 is 18.3. The van der Waals surface area contributed by atoms with Crippen molar-refractivity contribution in [3.8, 4) is 34.3 Å². The number of hydrogen-bond donors (Lipinski definition) is 2. The predicted molar refractivity (Wildman–Crippen MR) is 195 cm³/mol. The molecule has 0 saturated carbocycles. The van der Waals surface area contributed by atoms with E-state index in [-0.39, 0.29) is 48.8 Å². The lowest BCUT2D eigenvalue weighted by Gasteiger charge is -2.14. The number of para-hydroxylation sites is 1. The number of carbonyl (C=O) groups is 2. The van der Waals surface area contributed by atoms with Crippen LogP contribution in [0.15, 0.2) is 84.9 Å². The van der Waals surface area contributed by atoms with Crippen molar-refractivity contribution in [2.24, 2.45) is 0 Å². The second-order valence-corrected chi connectivity index (χ2v) is 13.3. The van der Waals surface area contributed by atoms with Crippen LogP contribution in [-0.2, 0) is 28.5 Å². The van der Waals surface area contributed by atoms with E-state index in [9.17, 15) is 44.7 Å². The summed E-state index contributed by atoms with van der Waals surface area (Å²) in [6, 6.07) is 15.1. The van der Waals surface area contributed by atoms with E-state index in [1.165, 1.54) is 36.4 Å². The Labute approximate surface area is 341 Å². The normalized spacial score (nSPS) is 11.7. The average molecular weight is 892 g/mol. The maximum atomic E-state index is 15.1. The number of carbonyl (C=O) groups excluding carboxylic acids is 2. The molecule has 6 aromatic rings. The van der Waals surface area contributed by atoms with Gasteiger partial charge >= 0.3 is 12.4 Å². The van der Waals surface area contributed by atoms with E-state index < -0.39 is 84.5 Å². The first-order valence-corrected chi connectivity index (χ1v) is 17.6. The van der Waals surface area contributed by atoms with Gasteiger partial charge in [0.15, 0.2) is 24.6 Å². The molecule has 0 saturated heterocycles. The third kappa shape index (κ3) is 10.0. The van der Waals surface area contributed by atoms with Crippen LogP contribution in [0.3, 0.4) is 0 Å². The van der Waals surface area contributed by atoms with Gasteiger partial charge in [0.1, 0.15) is 17.5 Å². The van der Waals surface area contributed by atoms with Crippen molar-refractivity contribution in [2.45, 2.75) is 18.9 Å². The van der Waals surface area contributed by atoms with Crippen LogP contribution < -0.4 is 20.1 Å². The molecule has 0 bridgehead atoms. The minimum atomic E-state index is -4.96. The van der Waals surface area contributed by atoms with Gasteiger partial charge in [0.2, 0.25) is 11.8 Å².